The van der Waals surface area contributed by atoms with Gasteiger partial charge in [-0.2, -0.15) is 9.78 Å². The molecule has 1 fully saturated rings. The van der Waals surface area contributed by atoms with Crippen LogP contribution in [0.3, 0.4) is 0 Å². The topological polar surface area (TPSA) is 27.7 Å². The number of rotatable bonds is 8. The fourth-order valence-electron chi connectivity index (χ4n) is 2.13. The smallest absolute Gasteiger partial charge is 0.135 e. The molecule has 1 rings (SSSR count). The lowest BCUT2D eigenvalue weighted by atomic mass is 9.83. The summed E-state index contributed by atoms with van der Waals surface area (Å²) < 4.78 is 0. The van der Waals surface area contributed by atoms with Crippen LogP contribution >= 0.6 is 0 Å². The molecule has 0 bridgehead atoms. The molecule has 102 valence electrons. The van der Waals surface area contributed by atoms with E-state index in [9.17, 15) is 0 Å². The standard InChI is InChI=1S/C14H28O3/c1-5-6-7-8-9-10-11-12-14(4)13(2,3)15-17-16-14/h5-12H2,1-4H3. The van der Waals surface area contributed by atoms with Crippen molar-refractivity contribution in [3.63, 3.8) is 0 Å². The Bertz CT molecular complexity index is 216. The zero-order valence-corrected chi connectivity index (χ0v) is 11.9. The largest absolute Gasteiger partial charge is 0.197 e. The highest BCUT2D eigenvalue weighted by Crippen LogP contribution is 2.39. The van der Waals surface area contributed by atoms with Gasteiger partial charge in [-0.15, -0.1) is 0 Å². The highest BCUT2D eigenvalue weighted by molar-refractivity contribution is 4.93. The Balaban J connectivity index is 2.10. The SMILES string of the molecule is CCCCCCCCCC1(C)OOOC1(C)C. The third-order valence-corrected chi connectivity index (χ3v) is 3.99. The van der Waals surface area contributed by atoms with E-state index in [2.05, 4.69) is 18.9 Å². The predicted molar refractivity (Wildman–Crippen MR) is 68.3 cm³/mol. The second-order valence-corrected chi connectivity index (χ2v) is 5.85. The fraction of sp³-hybridized carbons (Fsp3) is 1.00. The van der Waals surface area contributed by atoms with Gasteiger partial charge in [-0.25, -0.2) is 0 Å². The van der Waals surface area contributed by atoms with Crippen molar-refractivity contribution < 1.29 is 14.8 Å². The molecule has 0 amide bonds. The van der Waals surface area contributed by atoms with Gasteiger partial charge < -0.3 is 0 Å². The van der Waals surface area contributed by atoms with Gasteiger partial charge in [0.05, 0.1) is 0 Å². The highest BCUT2D eigenvalue weighted by Gasteiger charge is 2.50. The quantitative estimate of drug-likeness (QED) is 0.463. The third-order valence-electron chi connectivity index (χ3n) is 3.99. The van der Waals surface area contributed by atoms with Gasteiger partial charge >= 0.3 is 0 Å². The van der Waals surface area contributed by atoms with Crippen molar-refractivity contribution in [3.05, 3.63) is 0 Å². The van der Waals surface area contributed by atoms with E-state index < -0.39 is 0 Å². The van der Waals surface area contributed by atoms with Gasteiger partial charge in [0.1, 0.15) is 11.2 Å². The van der Waals surface area contributed by atoms with Crippen molar-refractivity contribution >= 4 is 0 Å². The highest BCUT2D eigenvalue weighted by atomic mass is 17.5. The van der Waals surface area contributed by atoms with Crippen LogP contribution in [0.25, 0.3) is 0 Å². The van der Waals surface area contributed by atoms with Crippen LogP contribution in [0.15, 0.2) is 0 Å². The minimum Gasteiger partial charge on any atom is -0.197 e. The maximum Gasteiger partial charge on any atom is 0.135 e. The van der Waals surface area contributed by atoms with Crippen LogP contribution in [0, 0.1) is 0 Å². The molecule has 3 nitrogen and oxygen atoms in total. The first-order valence-electron chi connectivity index (χ1n) is 7.05. The molecule has 0 aromatic rings. The average molecular weight is 244 g/mol. The molecule has 1 saturated heterocycles. The van der Waals surface area contributed by atoms with Gasteiger partial charge in [0, 0.05) is 0 Å². The number of unbranched alkanes of at least 4 members (excludes halogenated alkanes) is 6. The maximum absolute atomic E-state index is 5.28. The van der Waals surface area contributed by atoms with Gasteiger partial charge in [0.15, 0.2) is 0 Å². The van der Waals surface area contributed by atoms with Crippen LogP contribution in [-0.4, -0.2) is 11.2 Å². The van der Waals surface area contributed by atoms with Crippen LogP contribution in [0.4, 0.5) is 0 Å². The van der Waals surface area contributed by atoms with Crippen molar-refractivity contribution in [3.8, 4) is 0 Å². The van der Waals surface area contributed by atoms with Crippen molar-refractivity contribution in [2.75, 3.05) is 0 Å². The summed E-state index contributed by atoms with van der Waals surface area (Å²) in [5.41, 5.74) is -0.661. The summed E-state index contributed by atoms with van der Waals surface area (Å²) in [6.45, 7) is 8.35. The summed E-state index contributed by atoms with van der Waals surface area (Å²) in [6.07, 6.45) is 10.2. The van der Waals surface area contributed by atoms with Crippen molar-refractivity contribution in [2.24, 2.45) is 0 Å². The molecular formula is C14H28O3. The van der Waals surface area contributed by atoms with Crippen molar-refractivity contribution in [1.82, 2.24) is 0 Å². The lowest BCUT2D eigenvalue weighted by Gasteiger charge is -2.30. The maximum atomic E-state index is 5.28. The summed E-state index contributed by atoms with van der Waals surface area (Å²) in [4.78, 5) is 10.4. The van der Waals surface area contributed by atoms with E-state index in [0.29, 0.717) is 0 Å². The molecule has 0 aromatic carbocycles. The zero-order valence-electron chi connectivity index (χ0n) is 11.9. The van der Waals surface area contributed by atoms with E-state index in [1.807, 2.05) is 13.8 Å². The van der Waals surface area contributed by atoms with Crippen LogP contribution in [0.1, 0.15) is 79.1 Å². The first-order valence-corrected chi connectivity index (χ1v) is 7.05. The fourth-order valence-corrected chi connectivity index (χ4v) is 2.13. The second-order valence-electron chi connectivity index (χ2n) is 5.85. The van der Waals surface area contributed by atoms with Crippen molar-refractivity contribution in [1.29, 1.82) is 0 Å². The summed E-state index contributed by atoms with van der Waals surface area (Å²) in [6, 6.07) is 0. The lowest BCUT2D eigenvalue weighted by Crippen LogP contribution is -2.44. The van der Waals surface area contributed by atoms with E-state index in [1.54, 1.807) is 0 Å². The van der Waals surface area contributed by atoms with E-state index in [-0.39, 0.29) is 11.2 Å². The molecular weight excluding hydrogens is 216 g/mol. The minimum absolute atomic E-state index is 0.309. The molecule has 1 aliphatic rings. The van der Waals surface area contributed by atoms with Crippen LogP contribution in [0.2, 0.25) is 0 Å². The van der Waals surface area contributed by atoms with E-state index in [4.69, 9.17) is 9.78 Å². The van der Waals surface area contributed by atoms with E-state index in [0.717, 1.165) is 6.42 Å². The molecule has 0 N–H and O–H groups in total. The summed E-state index contributed by atoms with van der Waals surface area (Å²) in [7, 11) is 0. The lowest BCUT2D eigenvalue weighted by molar-refractivity contribution is -0.478. The van der Waals surface area contributed by atoms with Crippen LogP contribution in [0.5, 0.6) is 0 Å². The Kier molecular flexibility index (Phi) is 5.90. The van der Waals surface area contributed by atoms with Gasteiger partial charge in [-0.05, 0) is 27.2 Å². The van der Waals surface area contributed by atoms with Gasteiger partial charge in [0.2, 0.25) is 0 Å². The van der Waals surface area contributed by atoms with Gasteiger partial charge in [-0.1, -0.05) is 56.9 Å². The Hall–Kier alpha value is -0.120. The normalized spacial score (nSPS) is 27.5. The minimum atomic E-state index is -0.352. The van der Waals surface area contributed by atoms with Crippen LogP contribution in [-0.2, 0) is 14.8 Å². The van der Waals surface area contributed by atoms with Crippen LogP contribution < -0.4 is 0 Å². The second kappa shape index (κ2) is 6.72. The predicted octanol–water partition coefficient (Wildman–Crippen LogP) is 4.56. The van der Waals surface area contributed by atoms with Gasteiger partial charge in [-0.3, -0.25) is 0 Å². The monoisotopic (exact) mass is 244 g/mol. The molecule has 1 aliphatic heterocycles. The number of hydrogen-bond donors (Lipinski definition) is 0. The molecule has 0 radical (unpaired) electrons. The molecule has 0 aliphatic carbocycles. The molecule has 17 heavy (non-hydrogen) atoms. The molecule has 0 spiro atoms. The number of hydrogen-bond acceptors (Lipinski definition) is 3. The molecule has 1 unspecified atom stereocenters. The Morgan fingerprint density at radius 2 is 1.35 bits per heavy atom. The molecule has 1 atom stereocenters. The Labute approximate surface area is 106 Å². The molecule has 0 aromatic heterocycles. The van der Waals surface area contributed by atoms with E-state index >= 15 is 0 Å². The van der Waals surface area contributed by atoms with Crippen molar-refractivity contribution in [2.45, 2.75) is 90.3 Å². The molecule has 1 heterocycles. The van der Waals surface area contributed by atoms with Gasteiger partial charge in [0.25, 0.3) is 0 Å². The third kappa shape index (κ3) is 4.23. The molecule has 0 saturated carbocycles. The summed E-state index contributed by atoms with van der Waals surface area (Å²) in [5.74, 6) is 0. The first-order chi connectivity index (χ1) is 8.02. The summed E-state index contributed by atoms with van der Waals surface area (Å²) >= 11 is 0. The average Bonchev–Trinajstić information content (AvgIpc) is 2.53. The van der Waals surface area contributed by atoms with E-state index in [1.165, 1.54) is 44.9 Å². The first kappa shape index (κ1) is 14.9. The Morgan fingerprint density at radius 1 is 0.765 bits per heavy atom. The Morgan fingerprint density at radius 3 is 1.88 bits per heavy atom. The summed E-state index contributed by atoms with van der Waals surface area (Å²) in [5, 5.41) is 4.69. The zero-order chi connectivity index (χ0) is 12.8. The molecule has 3 heteroatoms.